The summed E-state index contributed by atoms with van der Waals surface area (Å²) < 4.78 is 5.25. The molecule has 2 aliphatic heterocycles. The van der Waals surface area contributed by atoms with E-state index in [4.69, 9.17) is 0 Å². The first-order valence-corrected chi connectivity index (χ1v) is 17.7. The first-order chi connectivity index (χ1) is 24.4. The molecule has 3 aromatic heterocycles. The largest absolute Gasteiger partial charge is 0.311 e. The first kappa shape index (κ1) is 26.0. The Bertz CT molecular complexity index is 2960. The number of anilines is 6. The van der Waals surface area contributed by atoms with Crippen LogP contribution >= 0.6 is 11.3 Å². The molecule has 7 aromatic carbocycles. The predicted molar refractivity (Wildman–Crippen MR) is 211 cm³/mol. The summed E-state index contributed by atoms with van der Waals surface area (Å²) in [6, 6.07) is 58.2. The fourth-order valence-electron chi connectivity index (χ4n) is 9.07. The van der Waals surface area contributed by atoms with E-state index in [0.717, 1.165) is 0 Å². The van der Waals surface area contributed by atoms with Gasteiger partial charge in [-0.3, -0.25) is 0 Å². The minimum absolute atomic E-state index is 0.0607. The number of para-hydroxylation sites is 4. The van der Waals surface area contributed by atoms with Crippen molar-refractivity contribution in [2.45, 2.75) is 0 Å². The summed E-state index contributed by atoms with van der Waals surface area (Å²) in [7, 11) is 0. The van der Waals surface area contributed by atoms with E-state index in [1.54, 1.807) is 0 Å². The molecule has 0 atom stereocenters. The van der Waals surface area contributed by atoms with E-state index in [9.17, 15) is 0 Å². The lowest BCUT2D eigenvalue weighted by Gasteiger charge is -2.43. The van der Waals surface area contributed by atoms with E-state index in [2.05, 4.69) is 172 Å². The molecule has 226 valence electrons. The monoisotopic (exact) mass is 639 g/mol. The molecule has 49 heavy (non-hydrogen) atoms. The van der Waals surface area contributed by atoms with Crippen molar-refractivity contribution in [3.05, 3.63) is 158 Å². The van der Waals surface area contributed by atoms with E-state index in [1.807, 2.05) is 11.3 Å². The Labute approximate surface area is 286 Å². The lowest BCUT2D eigenvalue weighted by molar-refractivity contribution is 1.27. The molecule has 0 fully saturated rings. The molecule has 0 N–H and O–H groups in total. The Balaban J connectivity index is 1.32. The van der Waals surface area contributed by atoms with E-state index in [0.29, 0.717) is 0 Å². The minimum Gasteiger partial charge on any atom is -0.311 e. The summed E-state index contributed by atoms with van der Waals surface area (Å²) in [5, 5.41) is 6.58. The Kier molecular flexibility index (Phi) is 4.94. The molecule has 5 heterocycles. The van der Waals surface area contributed by atoms with Crippen LogP contribution < -0.4 is 25.5 Å². The molecule has 0 unspecified atom stereocenters. The van der Waals surface area contributed by atoms with Crippen molar-refractivity contribution in [3.63, 3.8) is 0 Å². The molecule has 0 bridgehead atoms. The fourth-order valence-corrected chi connectivity index (χ4v) is 10.4. The lowest BCUT2D eigenvalue weighted by atomic mass is 9.35. The van der Waals surface area contributed by atoms with Crippen LogP contribution in [0.5, 0.6) is 0 Å². The van der Waals surface area contributed by atoms with Crippen LogP contribution in [0.25, 0.3) is 48.2 Å². The van der Waals surface area contributed by atoms with Gasteiger partial charge in [0.05, 0.1) is 22.2 Å². The Morgan fingerprint density at radius 1 is 0.449 bits per heavy atom. The second-order valence-corrected chi connectivity index (χ2v) is 14.3. The molecule has 0 radical (unpaired) electrons. The van der Waals surface area contributed by atoms with Gasteiger partial charge in [-0.05, 0) is 71.6 Å². The zero-order valence-corrected chi connectivity index (χ0v) is 27.2. The topological polar surface area (TPSA) is 10.9 Å². The van der Waals surface area contributed by atoms with E-state index in [1.165, 1.54) is 98.0 Å². The average molecular weight is 640 g/mol. The van der Waals surface area contributed by atoms with E-state index in [-0.39, 0.29) is 6.71 Å². The molecule has 0 spiro atoms. The Morgan fingerprint density at radius 2 is 1.04 bits per heavy atom. The van der Waals surface area contributed by atoms with Gasteiger partial charge in [0.1, 0.15) is 0 Å². The van der Waals surface area contributed by atoms with E-state index < -0.39 is 0 Å². The third-order valence-electron chi connectivity index (χ3n) is 10.9. The maximum atomic E-state index is 2.54. The van der Waals surface area contributed by atoms with Crippen LogP contribution in [0, 0.1) is 0 Å². The standard InChI is InChI=1S/C44H26BN3S/c1-3-14-27(15-4-1)46-35-23-13-24-36-40(35)45(44-43(31-20-9-12-25-38(31)49-44)47(36)28-16-5-2-6-17-28)41-37(46)26-32-29-18-7-10-21-33(29)48-34-22-11-8-19-30(34)39(41)42(32)48/h1-26H. The summed E-state index contributed by atoms with van der Waals surface area (Å²) in [6.07, 6.45) is 0. The van der Waals surface area contributed by atoms with Crippen molar-refractivity contribution in [3.8, 4) is 0 Å². The molecule has 5 heteroatoms. The number of nitrogens with zero attached hydrogens (tertiary/aromatic N) is 3. The molecular weight excluding hydrogens is 613 g/mol. The van der Waals surface area contributed by atoms with Crippen molar-refractivity contribution in [1.29, 1.82) is 0 Å². The Morgan fingerprint density at radius 3 is 1.80 bits per heavy atom. The second kappa shape index (κ2) is 9.31. The number of fused-ring (bicyclic) bond motifs is 13. The highest BCUT2D eigenvalue weighted by atomic mass is 32.1. The number of hydrogen-bond donors (Lipinski definition) is 0. The Hall–Kier alpha value is -6.04. The molecule has 0 saturated heterocycles. The third kappa shape index (κ3) is 3.19. The van der Waals surface area contributed by atoms with Crippen molar-refractivity contribution in [2.24, 2.45) is 0 Å². The van der Waals surface area contributed by atoms with Crippen molar-refractivity contribution < 1.29 is 0 Å². The fraction of sp³-hybridized carbons (Fsp3) is 0. The number of thiophene rings is 1. The van der Waals surface area contributed by atoms with Crippen molar-refractivity contribution >= 4 is 116 Å². The molecule has 2 aliphatic rings. The summed E-state index contributed by atoms with van der Waals surface area (Å²) >= 11 is 1.96. The van der Waals surface area contributed by atoms with Gasteiger partial charge in [0, 0.05) is 64.8 Å². The van der Waals surface area contributed by atoms with Crippen molar-refractivity contribution in [1.82, 2.24) is 4.40 Å². The lowest BCUT2D eigenvalue weighted by Crippen LogP contribution is -2.60. The van der Waals surface area contributed by atoms with E-state index >= 15 is 0 Å². The SMILES string of the molecule is c1ccc(N2c3cccc4c3B(c3sc5ccccc5c3N4c3ccccc3)c3c2cc2c4ccccc4n4c5ccccc5c3c24)cc1. The minimum atomic E-state index is 0.0607. The molecule has 12 rings (SSSR count). The normalized spacial score (nSPS) is 13.6. The summed E-state index contributed by atoms with van der Waals surface area (Å²) in [6.45, 7) is 0.0607. The summed E-state index contributed by atoms with van der Waals surface area (Å²) in [4.78, 5) is 5.07. The number of aromatic nitrogens is 1. The quantitative estimate of drug-likeness (QED) is 0.174. The highest BCUT2D eigenvalue weighted by molar-refractivity contribution is 7.34. The number of benzene rings is 7. The third-order valence-corrected chi connectivity index (χ3v) is 12.1. The van der Waals surface area contributed by atoms with Gasteiger partial charge >= 0.3 is 0 Å². The van der Waals surface area contributed by atoms with Gasteiger partial charge in [-0.2, -0.15) is 0 Å². The van der Waals surface area contributed by atoms with Crippen LogP contribution in [-0.2, 0) is 0 Å². The molecule has 0 amide bonds. The maximum absolute atomic E-state index is 2.54. The van der Waals surface area contributed by atoms with Gasteiger partial charge in [-0.1, -0.05) is 97.1 Å². The van der Waals surface area contributed by atoms with Gasteiger partial charge in [0.25, 0.3) is 6.71 Å². The number of hydrogen-bond acceptors (Lipinski definition) is 3. The van der Waals surface area contributed by atoms with Gasteiger partial charge < -0.3 is 14.2 Å². The highest BCUT2D eigenvalue weighted by Gasteiger charge is 2.46. The van der Waals surface area contributed by atoms with Crippen molar-refractivity contribution in [2.75, 3.05) is 9.80 Å². The molecule has 10 aromatic rings. The molecule has 0 saturated carbocycles. The van der Waals surface area contributed by atoms with Crippen LogP contribution in [0.2, 0.25) is 0 Å². The maximum Gasteiger partial charge on any atom is 0.265 e. The van der Waals surface area contributed by atoms with Crippen LogP contribution in [0.1, 0.15) is 0 Å². The first-order valence-electron chi connectivity index (χ1n) is 16.9. The predicted octanol–water partition coefficient (Wildman–Crippen LogP) is 10.1. The van der Waals surface area contributed by atoms with Crippen LogP contribution in [-0.4, -0.2) is 11.1 Å². The zero-order chi connectivity index (χ0) is 31.8. The van der Waals surface area contributed by atoms with Gasteiger partial charge in [0.15, 0.2) is 0 Å². The zero-order valence-electron chi connectivity index (χ0n) is 26.3. The van der Waals surface area contributed by atoms with Gasteiger partial charge in [-0.15, -0.1) is 11.3 Å². The van der Waals surface area contributed by atoms with Crippen LogP contribution in [0.4, 0.5) is 34.1 Å². The molecular formula is C44H26BN3S. The second-order valence-electron chi connectivity index (χ2n) is 13.2. The smallest absolute Gasteiger partial charge is 0.265 e. The van der Waals surface area contributed by atoms with Crippen LogP contribution in [0.15, 0.2) is 158 Å². The number of rotatable bonds is 2. The summed E-state index contributed by atoms with van der Waals surface area (Å²) in [5.41, 5.74) is 14.0. The molecule has 3 nitrogen and oxygen atoms in total. The highest BCUT2D eigenvalue weighted by Crippen LogP contribution is 2.50. The van der Waals surface area contributed by atoms with Crippen LogP contribution in [0.3, 0.4) is 0 Å². The average Bonchev–Trinajstić information content (AvgIpc) is 3.82. The van der Waals surface area contributed by atoms with Gasteiger partial charge in [0.2, 0.25) is 0 Å². The summed E-state index contributed by atoms with van der Waals surface area (Å²) in [5.74, 6) is 0. The molecule has 0 aliphatic carbocycles. The van der Waals surface area contributed by atoms with Gasteiger partial charge in [-0.25, -0.2) is 0 Å².